The van der Waals surface area contributed by atoms with Gasteiger partial charge in [-0.3, -0.25) is 9.59 Å². The van der Waals surface area contributed by atoms with Crippen LogP contribution in [0, 0.1) is 0 Å². The van der Waals surface area contributed by atoms with Crippen LogP contribution in [0.3, 0.4) is 0 Å². The Hall–Kier alpha value is -2.90. The minimum atomic E-state index is -2.33. The van der Waals surface area contributed by atoms with E-state index in [2.05, 4.69) is 10.6 Å². The molecule has 10 saturated heterocycles. The Morgan fingerprint density at radius 2 is 0.513 bits per heavy atom. The SMILES string of the molecule is CO[C@H]1O[C@H](CO[C@H]2O[C@H](CO)[C@@H](O)[C@H](O)[C@@H]2O[C@@H]2O[C@H](CO)[C@@H](O[C@@H]3O[C@H](CO)[C@H](O)[C@H](O)[C@H]3O[C@H]3O[C@H](C)[C@H](O)[C@H](O)[C@H]3O)[C@H](O[C@H]3O[C@H](C)[C@H](O)[C@H](O)[C@H]3O)[C@H]2NC(C)=O)[C@@H](O)[C@H](O[C@H]2O[C@H](CO)[C@@H](O)[C@H](O)[C@@H]2O[C@@H]2O[C@H](CO)[C@@H](O[C@@H]3O[C@H](CO)[C@H](O)[C@H](O)[C@H]3O)[C@H](O[C@H]3O[C@H](C)[C@H](O)[C@H](O)[C@H]3O)[C@H]2NC(C)=O)[C@@H]1O. The van der Waals surface area contributed by atoms with Crippen molar-refractivity contribution in [3.8, 4) is 0 Å². The quantitative estimate of drug-likeness (QED) is 0.0346. The Morgan fingerprint density at radius 3 is 0.861 bits per heavy atom. The predicted molar refractivity (Wildman–Crippen MR) is 353 cm³/mol. The smallest absolute Gasteiger partial charge is 0.217 e. The molecular weight excluding hydrogens is 1580 g/mol. The van der Waals surface area contributed by atoms with Gasteiger partial charge in [-0.1, -0.05) is 0 Å². The topological polar surface area (TPSA) is 769 Å². The van der Waals surface area contributed by atoms with Gasteiger partial charge in [0.15, 0.2) is 62.9 Å². The lowest BCUT2D eigenvalue weighted by atomic mass is 9.93. The van der Waals surface area contributed by atoms with Gasteiger partial charge in [-0.05, 0) is 20.8 Å². The molecule has 0 unspecified atom stereocenters. The highest BCUT2D eigenvalue weighted by Gasteiger charge is 2.62. The van der Waals surface area contributed by atoms with Crippen LogP contribution in [0.25, 0.3) is 0 Å². The summed E-state index contributed by atoms with van der Waals surface area (Å²) in [6, 6.07) is -3.95. The van der Waals surface area contributed by atoms with Gasteiger partial charge in [-0.2, -0.15) is 0 Å². The Morgan fingerprint density at radius 1 is 0.252 bits per heavy atom. The number of aliphatic hydroxyl groups excluding tert-OH is 26. The van der Waals surface area contributed by atoms with Crippen molar-refractivity contribution in [1.82, 2.24) is 10.6 Å². The van der Waals surface area contributed by atoms with E-state index in [1.165, 1.54) is 20.8 Å². The van der Waals surface area contributed by atoms with Crippen molar-refractivity contribution in [2.24, 2.45) is 0 Å². The Bertz CT molecular complexity index is 3010. The first kappa shape index (κ1) is 94.4. The van der Waals surface area contributed by atoms with E-state index >= 15 is 0 Å². The van der Waals surface area contributed by atoms with Crippen LogP contribution in [0.4, 0.5) is 0 Å². The highest BCUT2D eigenvalue weighted by Crippen LogP contribution is 2.42. The first-order valence-electron chi connectivity index (χ1n) is 37.1. The molecule has 10 aliphatic rings. The maximum absolute atomic E-state index is 13.5. The standard InChI is InChI=1S/C65H110N2O48/c1-14-28(76)36(84)43(91)59(98-14)110-50-26(66-17(4)74)57(105-23(11-72)48(50)108-62-46(94)39(87)31(79)19(7-68)101-62)114-54-41(89)33(81)22(10-71)104-65(54)112-52-35(83)25(107-58(96-6)47(52)95)13-97-63-53(40(88)32(80)20(8-69)102-63)113-56-27(67-18(5)75)51(111-60-44(92)37(85)29(77)15(2)99-60)49(24(12-73)106-56)109-64-55(42(90)34(82)21(9-70)103-64)115-61-45(93)38(86)30(78)16(3)100-61/h14-16,19-65,68-73,76-95H,7-13H2,1-6H3,(H,66,74)(H,67,75)/t14-,15-,16-,19-,20-,21-,22-,23-,24-,25-,26-,27-,28+,29+,30+,31+,32-,33-,34+,35-,36+,37+,38+,39+,40+,41+,42+,43-,44-,45-,46-,47+,48-,49-,50-,51-,52+,53+,54+,55-,56+,57+,58+,59-,60-,61-,62+,63+,64+,65-/m1/s1. The summed E-state index contributed by atoms with van der Waals surface area (Å²) in [5.74, 6) is -1.94. The van der Waals surface area contributed by atoms with Crippen molar-refractivity contribution < 1.29 is 237 Å². The molecule has 10 fully saturated rings. The molecule has 668 valence electrons. The van der Waals surface area contributed by atoms with E-state index in [0.29, 0.717) is 0 Å². The molecular formula is C65H110N2O48. The van der Waals surface area contributed by atoms with E-state index in [-0.39, 0.29) is 0 Å². The van der Waals surface area contributed by atoms with Gasteiger partial charge in [-0.25, -0.2) is 0 Å². The normalized spacial score (nSPS) is 52.1. The molecule has 2 amide bonds. The average molecular weight is 1690 g/mol. The summed E-state index contributed by atoms with van der Waals surface area (Å²) < 4.78 is 120. The summed E-state index contributed by atoms with van der Waals surface area (Å²) in [7, 11) is 0.997. The molecule has 0 bridgehead atoms. The van der Waals surface area contributed by atoms with Crippen molar-refractivity contribution in [2.45, 2.75) is 342 Å². The van der Waals surface area contributed by atoms with Crippen LogP contribution in [-0.2, 0) is 104 Å². The molecule has 0 aromatic heterocycles. The van der Waals surface area contributed by atoms with E-state index in [1.54, 1.807) is 0 Å². The molecule has 50 atom stereocenters. The van der Waals surface area contributed by atoms with Crippen LogP contribution in [0.15, 0.2) is 0 Å². The third kappa shape index (κ3) is 20.2. The summed E-state index contributed by atoms with van der Waals surface area (Å²) in [5.41, 5.74) is 0. The first-order chi connectivity index (χ1) is 54.4. The van der Waals surface area contributed by atoms with Gasteiger partial charge in [0, 0.05) is 21.0 Å². The number of amides is 2. The van der Waals surface area contributed by atoms with E-state index in [4.69, 9.17) is 94.7 Å². The van der Waals surface area contributed by atoms with Gasteiger partial charge < -0.3 is 238 Å². The highest BCUT2D eigenvalue weighted by atomic mass is 16.8. The number of aliphatic hydroxyl groups is 26. The van der Waals surface area contributed by atoms with Gasteiger partial charge in [-0.15, -0.1) is 0 Å². The molecule has 0 aromatic rings. The lowest BCUT2D eigenvalue weighted by Crippen LogP contribution is -2.71. The van der Waals surface area contributed by atoms with Crippen LogP contribution in [-0.4, -0.2) is 505 Å². The summed E-state index contributed by atoms with van der Waals surface area (Å²) in [6.07, 6.45) is -95.9. The van der Waals surface area contributed by atoms with Crippen molar-refractivity contribution in [2.75, 3.05) is 53.4 Å². The van der Waals surface area contributed by atoms with Crippen molar-refractivity contribution in [3.63, 3.8) is 0 Å². The molecule has 0 aromatic carbocycles. The summed E-state index contributed by atoms with van der Waals surface area (Å²) in [5, 5.41) is 293. The number of nitrogens with one attached hydrogen (secondary N) is 2. The van der Waals surface area contributed by atoms with Crippen molar-refractivity contribution >= 4 is 11.8 Å². The molecule has 50 heteroatoms. The molecule has 28 N–H and O–H groups in total. The number of methoxy groups -OCH3 is 1. The van der Waals surface area contributed by atoms with E-state index in [9.17, 15) is 142 Å². The second-order valence-corrected chi connectivity index (χ2v) is 29.7. The number of carbonyl (C=O) groups is 2. The number of hydrogen-bond acceptors (Lipinski definition) is 48. The number of ether oxygens (including phenoxy) is 20. The predicted octanol–water partition coefficient (Wildman–Crippen LogP) is -18.8. The second-order valence-electron chi connectivity index (χ2n) is 29.7. The fourth-order valence-corrected chi connectivity index (χ4v) is 15.1. The zero-order valence-corrected chi connectivity index (χ0v) is 62.4. The van der Waals surface area contributed by atoms with Crippen molar-refractivity contribution in [1.29, 1.82) is 0 Å². The first-order valence-corrected chi connectivity index (χ1v) is 37.1. The maximum Gasteiger partial charge on any atom is 0.217 e. The molecule has 10 rings (SSSR count). The second kappa shape index (κ2) is 40.6. The number of hydrogen-bond donors (Lipinski definition) is 28. The molecule has 0 spiro atoms. The summed E-state index contributed by atoms with van der Waals surface area (Å²) in [4.78, 5) is 26.9. The third-order valence-electron chi connectivity index (χ3n) is 21.8. The number of carbonyl (C=O) groups excluding carboxylic acids is 2. The number of rotatable bonds is 28. The average Bonchev–Trinajstić information content (AvgIpc) is 0.761. The minimum absolute atomic E-state index is 0.943. The third-order valence-corrected chi connectivity index (χ3v) is 21.8. The maximum atomic E-state index is 13.5. The Balaban J connectivity index is 0.941. The Kier molecular flexibility index (Phi) is 33.3. The molecule has 115 heavy (non-hydrogen) atoms. The van der Waals surface area contributed by atoms with Gasteiger partial charge in [0.25, 0.3) is 0 Å². The molecule has 0 aliphatic carbocycles. The Labute approximate surface area is 652 Å². The molecule has 10 aliphatic heterocycles. The lowest BCUT2D eigenvalue weighted by Gasteiger charge is -2.52. The zero-order valence-electron chi connectivity index (χ0n) is 62.4. The minimum Gasteiger partial charge on any atom is -0.394 e. The zero-order chi connectivity index (χ0) is 84.5. The largest absolute Gasteiger partial charge is 0.394 e. The van der Waals surface area contributed by atoms with E-state index < -0.39 is 365 Å². The fraction of sp³-hybridized carbons (Fsp3) is 0.969. The highest BCUT2D eigenvalue weighted by molar-refractivity contribution is 5.73. The van der Waals surface area contributed by atoms with Crippen LogP contribution >= 0.6 is 0 Å². The molecule has 0 saturated carbocycles. The van der Waals surface area contributed by atoms with E-state index in [0.717, 1.165) is 21.0 Å². The van der Waals surface area contributed by atoms with Crippen LogP contribution in [0.2, 0.25) is 0 Å². The van der Waals surface area contributed by atoms with Crippen LogP contribution in [0.1, 0.15) is 34.6 Å². The summed E-state index contributed by atoms with van der Waals surface area (Å²) in [6.45, 7) is -1.96. The van der Waals surface area contributed by atoms with Gasteiger partial charge in [0.1, 0.15) is 226 Å². The molecule has 0 radical (unpaired) electrons. The van der Waals surface area contributed by atoms with Crippen molar-refractivity contribution in [3.05, 3.63) is 0 Å². The fourth-order valence-electron chi connectivity index (χ4n) is 15.1. The van der Waals surface area contributed by atoms with Crippen LogP contribution < -0.4 is 10.6 Å². The van der Waals surface area contributed by atoms with Gasteiger partial charge in [0.2, 0.25) is 11.8 Å². The van der Waals surface area contributed by atoms with E-state index in [1.807, 2.05) is 0 Å². The monoisotopic (exact) mass is 1690 g/mol. The van der Waals surface area contributed by atoms with Crippen LogP contribution in [0.5, 0.6) is 0 Å². The summed E-state index contributed by atoms with van der Waals surface area (Å²) >= 11 is 0. The lowest BCUT2D eigenvalue weighted by molar-refractivity contribution is -0.403. The van der Waals surface area contributed by atoms with Gasteiger partial charge in [0.05, 0.1) is 64.6 Å². The van der Waals surface area contributed by atoms with Gasteiger partial charge >= 0.3 is 0 Å². The molecule has 10 heterocycles. The molecule has 50 nitrogen and oxygen atoms in total.